The number of aryl methyl sites for hydroxylation is 1. The van der Waals surface area contributed by atoms with E-state index in [9.17, 15) is 0 Å². The summed E-state index contributed by atoms with van der Waals surface area (Å²) in [7, 11) is 2.02. The van der Waals surface area contributed by atoms with Gasteiger partial charge in [0.15, 0.2) is 0 Å². The van der Waals surface area contributed by atoms with E-state index in [0.29, 0.717) is 5.82 Å². The van der Waals surface area contributed by atoms with Gasteiger partial charge in [-0.05, 0) is 6.07 Å². The van der Waals surface area contributed by atoms with Crippen LogP contribution in [0.5, 0.6) is 0 Å². The molecule has 2 N–H and O–H groups in total. The molecule has 0 radical (unpaired) electrons. The molecule has 2 aromatic heterocycles. The van der Waals surface area contributed by atoms with Crippen LogP contribution in [-0.2, 0) is 7.05 Å². The summed E-state index contributed by atoms with van der Waals surface area (Å²) in [5, 5.41) is 1.16. The number of nitrogen functional groups attached to an aromatic ring is 1. The van der Waals surface area contributed by atoms with E-state index in [1.807, 2.05) is 19.2 Å². The molecule has 0 spiro atoms. The molecule has 0 fully saturated rings. The molecule has 0 bridgehead atoms. The minimum atomic E-state index is 0.511. The van der Waals surface area contributed by atoms with E-state index >= 15 is 0 Å². The number of nitrogens with two attached hydrogens (primary N) is 1. The molecule has 84 valence electrons. The third-order valence-corrected chi connectivity index (χ3v) is 2.93. The van der Waals surface area contributed by atoms with Gasteiger partial charge in [-0.1, -0.05) is 18.2 Å². The fraction of sp³-hybridized carbons (Fsp3) is 0.0769. The van der Waals surface area contributed by atoms with Crippen molar-refractivity contribution in [2.75, 3.05) is 5.73 Å². The van der Waals surface area contributed by atoms with Gasteiger partial charge in [-0.3, -0.25) is 0 Å². The Morgan fingerprint density at radius 1 is 1.18 bits per heavy atom. The van der Waals surface area contributed by atoms with Crippen molar-refractivity contribution >= 4 is 16.7 Å². The lowest BCUT2D eigenvalue weighted by molar-refractivity contribution is 0.970. The van der Waals surface area contributed by atoms with Gasteiger partial charge in [-0.15, -0.1) is 0 Å². The number of nitrogens with zero attached hydrogens (tertiary/aromatic N) is 3. The van der Waals surface area contributed by atoms with E-state index < -0.39 is 0 Å². The molecule has 3 aromatic rings. The Balaban J connectivity index is 2.35. The molecule has 2 heterocycles. The van der Waals surface area contributed by atoms with Gasteiger partial charge in [-0.2, -0.15) is 0 Å². The normalized spacial score (nSPS) is 10.9. The Labute approximate surface area is 98.7 Å². The maximum absolute atomic E-state index is 5.89. The monoisotopic (exact) mass is 224 g/mol. The van der Waals surface area contributed by atoms with Crippen LogP contribution in [0.3, 0.4) is 0 Å². The van der Waals surface area contributed by atoms with Crippen LogP contribution in [0, 0.1) is 0 Å². The maximum atomic E-state index is 5.89. The van der Waals surface area contributed by atoms with Crippen LogP contribution >= 0.6 is 0 Å². The highest BCUT2D eigenvalue weighted by molar-refractivity contribution is 5.98. The number of anilines is 1. The molecule has 4 heteroatoms. The first-order chi connectivity index (χ1) is 8.27. The van der Waals surface area contributed by atoms with Gasteiger partial charge in [-0.25, -0.2) is 9.97 Å². The summed E-state index contributed by atoms with van der Waals surface area (Å²) < 4.78 is 2.08. The Bertz CT molecular complexity index is 685. The molecule has 0 amide bonds. The standard InChI is InChI=1S/C13H12N4/c1-17-7-11(9-4-2-3-5-12(9)17)10-6-15-8-16-13(10)14/h2-8H,1H3,(H2,14,15,16). The van der Waals surface area contributed by atoms with Gasteiger partial charge < -0.3 is 10.3 Å². The van der Waals surface area contributed by atoms with Crippen LogP contribution in [0.25, 0.3) is 22.0 Å². The molecule has 0 aliphatic rings. The summed E-state index contributed by atoms with van der Waals surface area (Å²) >= 11 is 0. The average molecular weight is 224 g/mol. The van der Waals surface area contributed by atoms with Crippen molar-refractivity contribution in [1.82, 2.24) is 14.5 Å². The van der Waals surface area contributed by atoms with Gasteiger partial charge >= 0.3 is 0 Å². The summed E-state index contributed by atoms with van der Waals surface area (Å²) in [6, 6.07) is 8.21. The predicted molar refractivity (Wildman–Crippen MR) is 68.4 cm³/mol. The van der Waals surface area contributed by atoms with Crippen LogP contribution in [-0.4, -0.2) is 14.5 Å². The largest absolute Gasteiger partial charge is 0.383 e. The molecule has 17 heavy (non-hydrogen) atoms. The molecule has 0 unspecified atom stereocenters. The Morgan fingerprint density at radius 2 is 2.00 bits per heavy atom. The van der Waals surface area contributed by atoms with Crippen LogP contribution in [0.2, 0.25) is 0 Å². The van der Waals surface area contributed by atoms with Gasteiger partial charge in [0.1, 0.15) is 12.1 Å². The highest BCUT2D eigenvalue weighted by Gasteiger charge is 2.10. The number of hydrogen-bond donors (Lipinski definition) is 1. The van der Waals surface area contributed by atoms with Crippen LogP contribution in [0.4, 0.5) is 5.82 Å². The Kier molecular flexibility index (Phi) is 2.08. The molecule has 0 saturated heterocycles. The molecule has 0 aliphatic carbocycles. The first-order valence-electron chi connectivity index (χ1n) is 5.37. The molecule has 3 rings (SSSR count). The lowest BCUT2D eigenvalue weighted by Crippen LogP contribution is -1.94. The van der Waals surface area contributed by atoms with Crippen molar-refractivity contribution < 1.29 is 0 Å². The van der Waals surface area contributed by atoms with Crippen molar-refractivity contribution in [2.45, 2.75) is 0 Å². The van der Waals surface area contributed by atoms with Gasteiger partial charge in [0.25, 0.3) is 0 Å². The number of rotatable bonds is 1. The van der Waals surface area contributed by atoms with E-state index in [2.05, 4.69) is 32.9 Å². The summed E-state index contributed by atoms with van der Waals surface area (Å²) in [5.74, 6) is 0.511. The summed E-state index contributed by atoms with van der Waals surface area (Å²) in [6.45, 7) is 0. The lowest BCUT2D eigenvalue weighted by Gasteiger charge is -2.01. The highest BCUT2D eigenvalue weighted by atomic mass is 14.9. The van der Waals surface area contributed by atoms with Crippen LogP contribution in [0.15, 0.2) is 43.0 Å². The van der Waals surface area contributed by atoms with E-state index in [1.54, 1.807) is 6.20 Å². The summed E-state index contributed by atoms with van der Waals surface area (Å²) in [5.41, 5.74) is 9.01. The van der Waals surface area contributed by atoms with Gasteiger partial charge in [0.05, 0.1) is 0 Å². The van der Waals surface area contributed by atoms with Crippen LogP contribution < -0.4 is 5.73 Å². The zero-order chi connectivity index (χ0) is 11.8. The van der Waals surface area contributed by atoms with Crippen molar-refractivity contribution in [1.29, 1.82) is 0 Å². The zero-order valence-corrected chi connectivity index (χ0v) is 9.46. The second kappa shape index (κ2) is 3.59. The third-order valence-electron chi connectivity index (χ3n) is 2.93. The number of aromatic nitrogens is 3. The van der Waals surface area contributed by atoms with E-state index in [-0.39, 0.29) is 0 Å². The minimum Gasteiger partial charge on any atom is -0.383 e. The van der Waals surface area contributed by atoms with Crippen molar-refractivity contribution in [3.63, 3.8) is 0 Å². The lowest BCUT2D eigenvalue weighted by atomic mass is 10.1. The van der Waals surface area contributed by atoms with Crippen molar-refractivity contribution in [3.8, 4) is 11.1 Å². The number of benzene rings is 1. The zero-order valence-electron chi connectivity index (χ0n) is 9.46. The smallest absolute Gasteiger partial charge is 0.134 e. The summed E-state index contributed by atoms with van der Waals surface area (Å²) in [6.07, 6.45) is 5.27. The topological polar surface area (TPSA) is 56.7 Å². The van der Waals surface area contributed by atoms with E-state index in [0.717, 1.165) is 16.5 Å². The predicted octanol–water partition coefficient (Wildman–Crippen LogP) is 2.22. The quantitative estimate of drug-likeness (QED) is 0.689. The van der Waals surface area contributed by atoms with Crippen molar-refractivity contribution in [2.24, 2.45) is 7.05 Å². The molecule has 0 atom stereocenters. The summed E-state index contributed by atoms with van der Waals surface area (Å²) in [4.78, 5) is 8.07. The van der Waals surface area contributed by atoms with Gasteiger partial charge in [0.2, 0.25) is 0 Å². The molecule has 4 nitrogen and oxygen atoms in total. The number of para-hydroxylation sites is 1. The molecular formula is C13H12N4. The SMILES string of the molecule is Cn1cc(-c2cncnc2N)c2ccccc21. The molecule has 0 aliphatic heterocycles. The third kappa shape index (κ3) is 1.45. The fourth-order valence-corrected chi connectivity index (χ4v) is 2.10. The number of hydrogen-bond acceptors (Lipinski definition) is 3. The maximum Gasteiger partial charge on any atom is 0.134 e. The molecule has 1 aromatic carbocycles. The average Bonchev–Trinajstić information content (AvgIpc) is 2.68. The second-order valence-electron chi connectivity index (χ2n) is 3.99. The van der Waals surface area contributed by atoms with E-state index in [4.69, 9.17) is 5.73 Å². The Morgan fingerprint density at radius 3 is 2.82 bits per heavy atom. The van der Waals surface area contributed by atoms with Gasteiger partial charge in [0, 0.05) is 41.5 Å². The molecule has 0 saturated carbocycles. The highest BCUT2D eigenvalue weighted by Crippen LogP contribution is 2.31. The van der Waals surface area contributed by atoms with E-state index in [1.165, 1.54) is 11.8 Å². The first-order valence-corrected chi connectivity index (χ1v) is 5.37. The van der Waals surface area contributed by atoms with Crippen molar-refractivity contribution in [3.05, 3.63) is 43.0 Å². The minimum absolute atomic E-state index is 0.511. The molecular weight excluding hydrogens is 212 g/mol. The second-order valence-corrected chi connectivity index (χ2v) is 3.99. The first kappa shape index (κ1) is 9.84. The van der Waals surface area contributed by atoms with Crippen LogP contribution in [0.1, 0.15) is 0 Å². The fourth-order valence-electron chi connectivity index (χ4n) is 2.10. The Hall–Kier alpha value is -2.36. The number of fused-ring (bicyclic) bond motifs is 1.